The van der Waals surface area contributed by atoms with Gasteiger partial charge in [-0.1, -0.05) is 13.8 Å². The lowest BCUT2D eigenvalue weighted by Gasteiger charge is -2.32. The first-order valence-corrected chi connectivity index (χ1v) is 5.17. The summed E-state index contributed by atoms with van der Waals surface area (Å²) in [6.45, 7) is 3.51. The van der Waals surface area contributed by atoms with Crippen LogP contribution < -0.4 is 0 Å². The molecule has 16 heavy (non-hydrogen) atoms. The fraction of sp³-hybridized carbons (Fsp3) is 0.583. The molecule has 0 aromatic rings. The summed E-state index contributed by atoms with van der Waals surface area (Å²) in [4.78, 5) is 12.1. The van der Waals surface area contributed by atoms with Crippen LogP contribution >= 0.6 is 0 Å². The predicted octanol–water partition coefficient (Wildman–Crippen LogP) is 1.85. The van der Waals surface area contributed by atoms with Crippen LogP contribution in [-0.2, 0) is 4.79 Å². The number of rotatable bonds is 0. The summed E-state index contributed by atoms with van der Waals surface area (Å²) in [5, 5.41) is 27.8. The molecule has 0 amide bonds. The molecular formula is C12H12N2O2. The van der Waals surface area contributed by atoms with Crippen LogP contribution in [0.15, 0.2) is 11.3 Å². The summed E-state index contributed by atoms with van der Waals surface area (Å²) >= 11 is 0. The van der Waals surface area contributed by atoms with Gasteiger partial charge in [0.05, 0.1) is 17.7 Å². The van der Waals surface area contributed by atoms with E-state index in [1.165, 1.54) is 0 Å². The monoisotopic (exact) mass is 216 g/mol. The second kappa shape index (κ2) is 2.86. The highest BCUT2D eigenvalue weighted by Gasteiger charge is 2.65. The molecule has 1 saturated carbocycles. The van der Waals surface area contributed by atoms with Crippen LogP contribution in [-0.4, -0.2) is 10.9 Å². The van der Waals surface area contributed by atoms with Crippen molar-refractivity contribution in [1.29, 1.82) is 10.5 Å². The topological polar surface area (TPSA) is 84.9 Å². The number of hydrogen-bond donors (Lipinski definition) is 1. The van der Waals surface area contributed by atoms with Crippen LogP contribution in [0.1, 0.15) is 26.7 Å². The first-order valence-electron chi connectivity index (χ1n) is 5.17. The van der Waals surface area contributed by atoms with E-state index in [0.717, 1.165) is 0 Å². The van der Waals surface area contributed by atoms with Gasteiger partial charge in [-0.25, -0.2) is 0 Å². The first-order chi connectivity index (χ1) is 7.40. The zero-order chi connectivity index (χ0) is 12.1. The molecule has 2 rings (SSSR count). The molecule has 0 aromatic heterocycles. The Balaban J connectivity index is 2.57. The van der Waals surface area contributed by atoms with Crippen molar-refractivity contribution in [2.75, 3.05) is 0 Å². The third kappa shape index (κ3) is 0.900. The third-order valence-corrected chi connectivity index (χ3v) is 4.32. The zero-order valence-electron chi connectivity index (χ0n) is 9.24. The predicted molar refractivity (Wildman–Crippen MR) is 54.8 cm³/mol. The normalized spacial score (nSPS) is 41.8. The van der Waals surface area contributed by atoms with Crippen molar-refractivity contribution in [3.05, 3.63) is 11.3 Å². The highest BCUT2D eigenvalue weighted by atomic mass is 16.3. The maximum atomic E-state index is 12.1. The molecule has 0 aliphatic heterocycles. The minimum Gasteiger partial charge on any atom is -0.511 e. The van der Waals surface area contributed by atoms with E-state index >= 15 is 0 Å². The summed E-state index contributed by atoms with van der Waals surface area (Å²) in [7, 11) is 0. The highest BCUT2D eigenvalue weighted by Crippen LogP contribution is 2.63. The number of carbonyl (C=O) groups excluding carboxylic acids is 1. The number of Topliss-reactive ketones (excluding diaryl/α,β-unsaturated/α-hetero) is 1. The van der Waals surface area contributed by atoms with Crippen molar-refractivity contribution < 1.29 is 9.90 Å². The van der Waals surface area contributed by atoms with Gasteiger partial charge < -0.3 is 5.11 Å². The van der Waals surface area contributed by atoms with Gasteiger partial charge in [-0.2, -0.15) is 10.5 Å². The summed E-state index contributed by atoms with van der Waals surface area (Å²) < 4.78 is 0. The van der Waals surface area contributed by atoms with Gasteiger partial charge in [0, 0.05) is 10.8 Å². The van der Waals surface area contributed by atoms with Crippen LogP contribution in [0.25, 0.3) is 0 Å². The van der Waals surface area contributed by atoms with Crippen molar-refractivity contribution >= 4 is 5.78 Å². The molecule has 2 aliphatic rings. The minimum absolute atomic E-state index is 0.00333. The van der Waals surface area contributed by atoms with Crippen molar-refractivity contribution in [2.24, 2.45) is 16.7 Å². The molecule has 4 heteroatoms. The lowest BCUT2D eigenvalue weighted by atomic mass is 9.69. The lowest BCUT2D eigenvalue weighted by Crippen LogP contribution is -2.34. The van der Waals surface area contributed by atoms with E-state index in [4.69, 9.17) is 10.5 Å². The smallest absolute Gasteiger partial charge is 0.157 e. The van der Waals surface area contributed by atoms with Gasteiger partial charge >= 0.3 is 0 Å². The number of aliphatic hydroxyl groups excluding tert-OH is 1. The molecule has 0 radical (unpaired) electrons. The molecule has 0 unspecified atom stereocenters. The van der Waals surface area contributed by atoms with Crippen LogP contribution in [0.4, 0.5) is 0 Å². The summed E-state index contributed by atoms with van der Waals surface area (Å²) in [5.41, 5.74) is -1.24. The molecule has 0 heterocycles. The van der Waals surface area contributed by atoms with Gasteiger partial charge in [0.15, 0.2) is 5.78 Å². The Labute approximate surface area is 93.8 Å². The van der Waals surface area contributed by atoms with E-state index in [1.807, 2.05) is 12.1 Å². The second-order valence-electron chi connectivity index (χ2n) is 5.03. The van der Waals surface area contributed by atoms with Crippen molar-refractivity contribution in [1.82, 2.24) is 0 Å². The standard InChI is InChI=1S/C12H12N2O2/c1-11-3-7(5-13)10(16)12(11,2)4-8(6-14)9(11)15/h7,15H,3-4H2,1-2H3/t7-,11+,12+/m1/s1. The second-order valence-corrected chi connectivity index (χ2v) is 5.03. The fourth-order valence-corrected chi connectivity index (χ4v) is 2.99. The Morgan fingerprint density at radius 1 is 1.38 bits per heavy atom. The zero-order valence-corrected chi connectivity index (χ0v) is 9.24. The molecule has 0 saturated heterocycles. The van der Waals surface area contributed by atoms with Crippen LogP contribution in [0.5, 0.6) is 0 Å². The summed E-state index contributed by atoms with van der Waals surface area (Å²) in [5.74, 6) is -0.796. The van der Waals surface area contributed by atoms with E-state index in [1.54, 1.807) is 13.8 Å². The van der Waals surface area contributed by atoms with Gasteiger partial charge in [-0.3, -0.25) is 4.79 Å². The van der Waals surface area contributed by atoms with Crippen molar-refractivity contribution in [2.45, 2.75) is 26.7 Å². The number of nitrogens with zero attached hydrogens (tertiary/aromatic N) is 2. The van der Waals surface area contributed by atoms with Crippen LogP contribution in [0, 0.1) is 39.4 Å². The quantitative estimate of drug-likeness (QED) is 0.669. The average Bonchev–Trinajstić information content (AvgIpc) is 2.58. The number of fused-ring (bicyclic) bond motifs is 1. The number of aliphatic hydroxyl groups is 1. The third-order valence-electron chi connectivity index (χ3n) is 4.32. The molecule has 1 N–H and O–H groups in total. The van der Waals surface area contributed by atoms with E-state index in [0.29, 0.717) is 6.42 Å². The molecule has 0 aromatic carbocycles. The molecule has 3 atom stereocenters. The van der Waals surface area contributed by atoms with Gasteiger partial charge in [0.1, 0.15) is 11.7 Å². The Morgan fingerprint density at radius 2 is 2.00 bits per heavy atom. The minimum atomic E-state index is -0.789. The van der Waals surface area contributed by atoms with E-state index in [2.05, 4.69) is 0 Å². The highest BCUT2D eigenvalue weighted by molar-refractivity contribution is 5.94. The molecule has 0 spiro atoms. The molecule has 0 bridgehead atoms. The van der Waals surface area contributed by atoms with E-state index in [-0.39, 0.29) is 23.5 Å². The molecule has 4 nitrogen and oxygen atoms in total. The molecular weight excluding hydrogens is 204 g/mol. The average molecular weight is 216 g/mol. The van der Waals surface area contributed by atoms with Gasteiger partial charge in [-0.05, 0) is 12.8 Å². The number of allylic oxidation sites excluding steroid dienone is 2. The van der Waals surface area contributed by atoms with E-state index in [9.17, 15) is 9.90 Å². The first kappa shape index (κ1) is 10.7. The molecule has 2 aliphatic carbocycles. The van der Waals surface area contributed by atoms with Crippen LogP contribution in [0.2, 0.25) is 0 Å². The largest absolute Gasteiger partial charge is 0.511 e. The van der Waals surface area contributed by atoms with Crippen molar-refractivity contribution in [3.8, 4) is 12.1 Å². The Kier molecular flexibility index (Phi) is 1.91. The Bertz CT molecular complexity index is 494. The molecule has 1 fully saturated rings. The van der Waals surface area contributed by atoms with Crippen LogP contribution in [0.3, 0.4) is 0 Å². The van der Waals surface area contributed by atoms with E-state index < -0.39 is 16.7 Å². The van der Waals surface area contributed by atoms with Gasteiger partial charge in [0.25, 0.3) is 0 Å². The maximum Gasteiger partial charge on any atom is 0.157 e. The SMILES string of the molecule is C[C@@]12CC(C#N)=C(O)[C@]1(C)C[C@H](C#N)C2=O. The number of nitriles is 2. The number of carbonyl (C=O) groups is 1. The summed E-state index contributed by atoms with van der Waals surface area (Å²) in [6.07, 6.45) is 0.568. The van der Waals surface area contributed by atoms with Gasteiger partial charge in [-0.15, -0.1) is 0 Å². The molecule has 82 valence electrons. The Hall–Kier alpha value is -1.81. The lowest BCUT2D eigenvalue weighted by molar-refractivity contribution is -0.128. The fourth-order valence-electron chi connectivity index (χ4n) is 2.99. The van der Waals surface area contributed by atoms with Gasteiger partial charge in [0.2, 0.25) is 0 Å². The number of ketones is 1. The number of hydrogen-bond acceptors (Lipinski definition) is 4. The summed E-state index contributed by atoms with van der Waals surface area (Å²) in [6, 6.07) is 3.92. The van der Waals surface area contributed by atoms with Crippen molar-refractivity contribution in [3.63, 3.8) is 0 Å². The maximum absolute atomic E-state index is 12.1. The Morgan fingerprint density at radius 3 is 2.44 bits per heavy atom.